The summed E-state index contributed by atoms with van der Waals surface area (Å²) in [6.07, 6.45) is 6.33. The number of ether oxygens (including phenoxy) is 3. The molecule has 3 heterocycles. The molecule has 1 aliphatic heterocycles. The summed E-state index contributed by atoms with van der Waals surface area (Å²) in [5.74, 6) is 0.332. The van der Waals surface area contributed by atoms with Crippen molar-refractivity contribution in [3.8, 4) is 16.9 Å². The van der Waals surface area contributed by atoms with E-state index in [1.807, 2.05) is 47.1 Å². The van der Waals surface area contributed by atoms with E-state index in [9.17, 15) is 4.79 Å². The molecule has 0 radical (unpaired) electrons. The Morgan fingerprint density at radius 2 is 2.11 bits per heavy atom. The van der Waals surface area contributed by atoms with Crippen molar-refractivity contribution in [3.05, 3.63) is 71.3 Å². The highest BCUT2D eigenvalue weighted by atomic mass is 35.5. The topological polar surface area (TPSA) is 75.7 Å². The number of rotatable bonds is 8. The van der Waals surface area contributed by atoms with Crippen molar-refractivity contribution in [2.75, 3.05) is 13.2 Å². The fourth-order valence-electron chi connectivity index (χ4n) is 4.47. The second-order valence-electron chi connectivity index (χ2n) is 8.45. The second-order valence-corrected chi connectivity index (χ2v) is 8.89. The molecule has 182 valence electrons. The van der Waals surface area contributed by atoms with Gasteiger partial charge in [0.15, 0.2) is 6.23 Å². The maximum atomic E-state index is 12.0. The zero-order valence-corrected chi connectivity index (χ0v) is 20.3. The third-order valence-electron chi connectivity index (χ3n) is 6.08. The first-order valence-corrected chi connectivity index (χ1v) is 12.2. The lowest BCUT2D eigenvalue weighted by Gasteiger charge is -2.24. The van der Waals surface area contributed by atoms with E-state index in [4.69, 9.17) is 35.3 Å². The molecule has 0 N–H and O–H groups in total. The van der Waals surface area contributed by atoms with Gasteiger partial charge < -0.3 is 18.6 Å². The molecule has 2 aromatic heterocycles. The maximum Gasteiger partial charge on any atom is 0.310 e. The second kappa shape index (κ2) is 10.5. The van der Waals surface area contributed by atoms with Gasteiger partial charge in [0, 0.05) is 33.7 Å². The van der Waals surface area contributed by atoms with Gasteiger partial charge in [-0.1, -0.05) is 29.8 Å². The molecule has 0 bridgehead atoms. The van der Waals surface area contributed by atoms with E-state index in [2.05, 4.69) is 0 Å². The van der Waals surface area contributed by atoms with E-state index in [1.165, 1.54) is 0 Å². The highest BCUT2D eigenvalue weighted by Crippen LogP contribution is 2.37. The number of hydrogen-bond acceptors (Lipinski definition) is 6. The lowest BCUT2D eigenvalue weighted by atomic mass is 10.0. The van der Waals surface area contributed by atoms with Gasteiger partial charge in [-0.05, 0) is 50.5 Å². The van der Waals surface area contributed by atoms with Gasteiger partial charge in [0.25, 0.3) is 0 Å². The maximum absolute atomic E-state index is 12.0. The molecule has 7 nitrogen and oxygen atoms in total. The first kappa shape index (κ1) is 23.5. The first-order chi connectivity index (χ1) is 17.1. The minimum absolute atomic E-state index is 0.144. The number of esters is 1. The van der Waals surface area contributed by atoms with Crippen molar-refractivity contribution < 1.29 is 23.4 Å². The summed E-state index contributed by atoms with van der Waals surface area (Å²) in [6, 6.07) is 13.2. The average Bonchev–Trinajstić information content (AvgIpc) is 3.52. The summed E-state index contributed by atoms with van der Waals surface area (Å²) in [5, 5.41) is 6.44. The zero-order chi connectivity index (χ0) is 24.2. The van der Waals surface area contributed by atoms with Gasteiger partial charge in [-0.3, -0.25) is 4.79 Å². The number of fused-ring (bicyclic) bond motifs is 1. The number of carbonyl (C=O) groups is 1. The van der Waals surface area contributed by atoms with Crippen molar-refractivity contribution in [2.45, 2.75) is 45.4 Å². The lowest BCUT2D eigenvalue weighted by Crippen LogP contribution is -2.19. The SMILES string of the molecule is CCOC(=O)Cc1ccccc1OCc1nn(C2CCCCO2)c2c(-c3ccoc3)cc(Cl)cc12. The number of para-hydroxylation sites is 1. The zero-order valence-electron chi connectivity index (χ0n) is 19.5. The molecule has 0 aliphatic carbocycles. The monoisotopic (exact) mass is 494 g/mol. The van der Waals surface area contributed by atoms with E-state index in [0.29, 0.717) is 24.0 Å². The summed E-state index contributed by atoms with van der Waals surface area (Å²) in [6.45, 7) is 3.05. The van der Waals surface area contributed by atoms with Crippen LogP contribution < -0.4 is 4.74 Å². The number of halogens is 1. The third kappa shape index (κ3) is 5.06. The van der Waals surface area contributed by atoms with E-state index in [1.54, 1.807) is 19.5 Å². The quantitative estimate of drug-likeness (QED) is 0.266. The molecule has 8 heteroatoms. The van der Waals surface area contributed by atoms with Crippen molar-refractivity contribution in [3.63, 3.8) is 0 Å². The molecule has 4 aromatic rings. The van der Waals surface area contributed by atoms with E-state index in [-0.39, 0.29) is 25.2 Å². The molecular weight excluding hydrogens is 468 g/mol. The van der Waals surface area contributed by atoms with Gasteiger partial charge >= 0.3 is 5.97 Å². The van der Waals surface area contributed by atoms with Crippen LogP contribution in [-0.4, -0.2) is 29.0 Å². The number of benzene rings is 2. The van der Waals surface area contributed by atoms with Crippen LogP contribution in [0.4, 0.5) is 0 Å². The van der Waals surface area contributed by atoms with Crippen LogP contribution in [-0.2, 0) is 27.3 Å². The summed E-state index contributed by atoms with van der Waals surface area (Å²) in [5.41, 5.74) is 4.29. The number of furan rings is 1. The highest BCUT2D eigenvalue weighted by Gasteiger charge is 2.24. The van der Waals surface area contributed by atoms with E-state index >= 15 is 0 Å². The minimum atomic E-state index is -0.288. The molecule has 0 spiro atoms. The van der Waals surface area contributed by atoms with Crippen molar-refractivity contribution in [1.29, 1.82) is 0 Å². The van der Waals surface area contributed by atoms with Crippen molar-refractivity contribution in [2.24, 2.45) is 0 Å². The van der Waals surface area contributed by atoms with Crippen LogP contribution in [0.15, 0.2) is 59.4 Å². The number of aromatic nitrogens is 2. The van der Waals surface area contributed by atoms with Crippen LogP contribution >= 0.6 is 11.6 Å². The van der Waals surface area contributed by atoms with Crippen LogP contribution in [0.5, 0.6) is 5.75 Å². The Kier molecular flexibility index (Phi) is 7.06. The molecule has 1 atom stereocenters. The van der Waals surface area contributed by atoms with Crippen LogP contribution in [0.3, 0.4) is 0 Å². The third-order valence-corrected chi connectivity index (χ3v) is 6.30. The lowest BCUT2D eigenvalue weighted by molar-refractivity contribution is -0.142. The molecule has 0 saturated carbocycles. The fourth-order valence-corrected chi connectivity index (χ4v) is 4.69. The Balaban J connectivity index is 1.52. The van der Waals surface area contributed by atoms with Gasteiger partial charge in [0.1, 0.15) is 18.1 Å². The first-order valence-electron chi connectivity index (χ1n) is 11.8. The molecule has 2 aromatic carbocycles. The van der Waals surface area contributed by atoms with E-state index < -0.39 is 0 Å². The Morgan fingerprint density at radius 1 is 1.23 bits per heavy atom. The van der Waals surface area contributed by atoms with Crippen molar-refractivity contribution in [1.82, 2.24) is 9.78 Å². The molecule has 0 amide bonds. The fraction of sp³-hybridized carbons (Fsp3) is 0.333. The minimum Gasteiger partial charge on any atom is -0.487 e. The normalized spacial score (nSPS) is 15.9. The molecule has 5 rings (SSSR count). The summed E-state index contributed by atoms with van der Waals surface area (Å²) < 4.78 is 24.7. The predicted octanol–water partition coefficient (Wildman–Crippen LogP) is 6.33. The van der Waals surface area contributed by atoms with Crippen molar-refractivity contribution >= 4 is 28.5 Å². The van der Waals surface area contributed by atoms with Crippen LogP contribution in [0, 0.1) is 0 Å². The Hall–Kier alpha value is -3.29. The van der Waals surface area contributed by atoms with E-state index in [0.717, 1.165) is 52.5 Å². The number of nitrogens with zero attached hydrogens (tertiary/aromatic N) is 2. The van der Waals surface area contributed by atoms with Crippen LogP contribution in [0.2, 0.25) is 5.02 Å². The summed E-state index contributed by atoms with van der Waals surface area (Å²) >= 11 is 6.55. The Bertz CT molecular complexity index is 1310. The largest absolute Gasteiger partial charge is 0.487 e. The van der Waals surface area contributed by atoms with Gasteiger partial charge in [-0.2, -0.15) is 5.10 Å². The standard InChI is InChI=1S/C27H27ClN2O5/c1-2-33-26(31)13-18-7-3-4-8-24(18)35-17-23-22-15-20(28)14-21(19-10-12-32-16-19)27(22)30(29-23)25-9-5-6-11-34-25/h3-4,7-8,10,12,14-16,25H,2,5-6,9,11,13,17H2,1H3. The van der Waals surface area contributed by atoms with Gasteiger partial charge in [-0.15, -0.1) is 0 Å². The number of carbonyl (C=O) groups excluding carboxylic acids is 1. The average molecular weight is 495 g/mol. The molecule has 35 heavy (non-hydrogen) atoms. The Morgan fingerprint density at radius 3 is 2.89 bits per heavy atom. The van der Waals surface area contributed by atoms with Gasteiger partial charge in [0.05, 0.1) is 31.1 Å². The summed E-state index contributed by atoms with van der Waals surface area (Å²) in [7, 11) is 0. The van der Waals surface area contributed by atoms with Crippen LogP contribution in [0.25, 0.3) is 22.0 Å². The predicted molar refractivity (Wildman–Crippen MR) is 132 cm³/mol. The van der Waals surface area contributed by atoms with Gasteiger partial charge in [0.2, 0.25) is 0 Å². The molecule has 1 fully saturated rings. The molecule has 1 saturated heterocycles. The Labute approximate surface area is 208 Å². The van der Waals surface area contributed by atoms with Crippen LogP contribution in [0.1, 0.15) is 43.7 Å². The van der Waals surface area contributed by atoms with Gasteiger partial charge in [-0.25, -0.2) is 4.68 Å². The molecule has 1 aliphatic rings. The molecular formula is C27H27ClN2O5. The summed E-state index contributed by atoms with van der Waals surface area (Å²) in [4.78, 5) is 12.0. The molecule has 1 unspecified atom stereocenters. The highest BCUT2D eigenvalue weighted by molar-refractivity contribution is 6.32. The smallest absolute Gasteiger partial charge is 0.310 e. The number of hydrogen-bond donors (Lipinski definition) is 0.